The van der Waals surface area contributed by atoms with Crippen LogP contribution in [0.2, 0.25) is 18.1 Å². The molecule has 0 fully saturated rings. The Hall–Kier alpha value is -2.51. The molecule has 0 aliphatic heterocycles. The summed E-state index contributed by atoms with van der Waals surface area (Å²) in [4.78, 5) is 28.8. The van der Waals surface area contributed by atoms with Crippen molar-refractivity contribution in [3.63, 3.8) is 0 Å². The normalized spacial score (nSPS) is 16.3. The molecule has 0 unspecified atom stereocenters. The van der Waals surface area contributed by atoms with E-state index in [2.05, 4.69) is 89.7 Å². The monoisotopic (exact) mass is 596 g/mol. The van der Waals surface area contributed by atoms with Crippen molar-refractivity contribution in [2.75, 3.05) is 0 Å². The first kappa shape index (κ1) is 35.7. The molecule has 2 rings (SSSR count). The molecule has 0 radical (unpaired) electrons. The zero-order valence-corrected chi connectivity index (χ0v) is 29.2. The molecular formula is C35H56N2O4Si. The average molecular weight is 597 g/mol. The van der Waals surface area contributed by atoms with Crippen LogP contribution in [0, 0.1) is 30.1 Å². The number of fused-ring (bicyclic) bond motifs is 1. The van der Waals surface area contributed by atoms with E-state index in [0.29, 0.717) is 5.92 Å². The highest BCUT2D eigenvalue weighted by Crippen LogP contribution is 2.41. The third-order valence-electron chi connectivity index (χ3n) is 9.67. The van der Waals surface area contributed by atoms with Crippen molar-refractivity contribution in [1.29, 1.82) is 0 Å². The maximum absolute atomic E-state index is 13.1. The van der Waals surface area contributed by atoms with Crippen LogP contribution in [0.4, 0.5) is 0 Å². The number of aromatic nitrogens is 2. The maximum Gasteiger partial charge on any atom is 0.328 e. The van der Waals surface area contributed by atoms with E-state index in [4.69, 9.17) is 14.5 Å². The number of aryl methyl sites for hydroxylation is 2. The number of allylic oxidation sites excluding steroid dienone is 2. The number of ketones is 1. The standard InChI is InChI=1S/C35H56N2O4Si/c1-24(25(2)26(3)33(40)35(8,9)22-21-32(38)39)17-15-13-14-16-18-31(41-42(11,12)34(5,6)7)28-19-20-30-29(23-28)36-27(4)37(30)10/h14,16,19-26,31H,13,15,17-18H2,1-12H3,(H,38,39)/b16-14+,22-21+/t24-,25-,26+,31-/m0/s1. The quantitative estimate of drug-likeness (QED) is 0.0959. The van der Waals surface area contributed by atoms with Crippen molar-refractivity contribution >= 4 is 31.1 Å². The van der Waals surface area contributed by atoms with Gasteiger partial charge in [-0.1, -0.05) is 72.3 Å². The van der Waals surface area contributed by atoms with E-state index in [1.807, 2.05) is 13.8 Å². The Labute approximate surface area is 255 Å². The molecule has 1 heterocycles. The van der Waals surface area contributed by atoms with Crippen LogP contribution in [0.25, 0.3) is 11.0 Å². The minimum absolute atomic E-state index is 0.0156. The second-order valence-electron chi connectivity index (χ2n) is 14.4. The number of carbonyl (C=O) groups excluding carboxylic acids is 1. The number of Topliss-reactive ketones (excluding diaryl/α,β-unsaturated/α-hetero) is 1. The summed E-state index contributed by atoms with van der Waals surface area (Å²) in [5, 5.41) is 9.08. The van der Waals surface area contributed by atoms with Gasteiger partial charge in [0.25, 0.3) is 0 Å². The van der Waals surface area contributed by atoms with Crippen LogP contribution in [-0.4, -0.2) is 34.7 Å². The molecule has 0 spiro atoms. The molecule has 0 saturated heterocycles. The van der Waals surface area contributed by atoms with Gasteiger partial charge in [0.15, 0.2) is 8.32 Å². The fourth-order valence-corrected chi connectivity index (χ4v) is 6.46. The number of nitrogens with zero attached hydrogens (tertiary/aromatic N) is 2. The summed E-state index contributed by atoms with van der Waals surface area (Å²) in [5.74, 6) is 0.528. The number of carbonyl (C=O) groups is 2. The van der Waals surface area contributed by atoms with Gasteiger partial charge >= 0.3 is 5.97 Å². The van der Waals surface area contributed by atoms with E-state index >= 15 is 0 Å². The summed E-state index contributed by atoms with van der Waals surface area (Å²) in [6, 6.07) is 6.55. The summed E-state index contributed by atoms with van der Waals surface area (Å²) in [5.41, 5.74) is 2.53. The Morgan fingerprint density at radius 2 is 1.74 bits per heavy atom. The maximum atomic E-state index is 13.1. The van der Waals surface area contributed by atoms with E-state index in [1.165, 1.54) is 11.6 Å². The van der Waals surface area contributed by atoms with Gasteiger partial charge in [0.05, 0.1) is 17.1 Å². The number of carboxylic acid groups (broad SMARTS) is 1. The summed E-state index contributed by atoms with van der Waals surface area (Å²) in [6.45, 7) is 23.4. The van der Waals surface area contributed by atoms with Crippen LogP contribution in [0.1, 0.15) is 98.6 Å². The van der Waals surface area contributed by atoms with Gasteiger partial charge in [-0.2, -0.15) is 0 Å². The highest BCUT2D eigenvalue weighted by atomic mass is 28.4. The molecule has 6 nitrogen and oxygen atoms in total. The number of imidazole rings is 1. The predicted molar refractivity (Wildman–Crippen MR) is 177 cm³/mol. The lowest BCUT2D eigenvalue weighted by atomic mass is 9.73. The molecule has 0 saturated carbocycles. The fraction of sp³-hybridized carbons (Fsp3) is 0.629. The largest absolute Gasteiger partial charge is 0.478 e. The molecule has 42 heavy (non-hydrogen) atoms. The van der Waals surface area contributed by atoms with Gasteiger partial charge in [-0.25, -0.2) is 9.78 Å². The Balaban J connectivity index is 2.03. The lowest BCUT2D eigenvalue weighted by molar-refractivity contribution is -0.131. The van der Waals surface area contributed by atoms with Gasteiger partial charge in [0.1, 0.15) is 11.6 Å². The van der Waals surface area contributed by atoms with Crippen molar-refractivity contribution in [2.45, 2.75) is 112 Å². The van der Waals surface area contributed by atoms with Crippen LogP contribution in [0.5, 0.6) is 0 Å². The topological polar surface area (TPSA) is 81.4 Å². The zero-order valence-electron chi connectivity index (χ0n) is 28.2. The predicted octanol–water partition coefficient (Wildman–Crippen LogP) is 9.21. The van der Waals surface area contributed by atoms with Gasteiger partial charge in [-0.05, 0) is 87.7 Å². The van der Waals surface area contributed by atoms with E-state index in [-0.39, 0.29) is 28.8 Å². The first-order valence-corrected chi connectivity index (χ1v) is 18.4. The Bertz CT molecular complexity index is 1280. The van der Waals surface area contributed by atoms with E-state index in [0.717, 1.165) is 48.6 Å². The third kappa shape index (κ3) is 9.24. The lowest BCUT2D eigenvalue weighted by Crippen LogP contribution is -2.41. The minimum Gasteiger partial charge on any atom is -0.478 e. The van der Waals surface area contributed by atoms with Crippen molar-refractivity contribution < 1.29 is 19.1 Å². The van der Waals surface area contributed by atoms with Gasteiger partial charge < -0.3 is 14.1 Å². The molecule has 0 amide bonds. The van der Waals surface area contributed by atoms with Crippen LogP contribution >= 0.6 is 0 Å². The summed E-state index contributed by atoms with van der Waals surface area (Å²) < 4.78 is 9.06. The van der Waals surface area contributed by atoms with E-state index < -0.39 is 19.7 Å². The molecule has 2 aromatic rings. The van der Waals surface area contributed by atoms with Gasteiger partial charge in [0, 0.05) is 24.5 Å². The first-order chi connectivity index (χ1) is 19.3. The first-order valence-electron chi connectivity index (χ1n) is 15.5. The number of carboxylic acids is 1. The lowest BCUT2D eigenvalue weighted by Gasteiger charge is -2.39. The molecule has 0 aliphatic rings. The number of hydrogen-bond donors (Lipinski definition) is 1. The van der Waals surface area contributed by atoms with Gasteiger partial charge in [0.2, 0.25) is 0 Å². The van der Waals surface area contributed by atoms with E-state index in [1.54, 1.807) is 13.8 Å². The number of benzene rings is 1. The Kier molecular flexibility index (Phi) is 12.2. The Morgan fingerprint density at radius 3 is 2.33 bits per heavy atom. The zero-order chi connectivity index (χ0) is 32.0. The van der Waals surface area contributed by atoms with Crippen LogP contribution in [-0.2, 0) is 21.1 Å². The Morgan fingerprint density at radius 1 is 1.10 bits per heavy atom. The van der Waals surface area contributed by atoms with Gasteiger partial charge in [-0.15, -0.1) is 0 Å². The van der Waals surface area contributed by atoms with Crippen LogP contribution in [0.15, 0.2) is 42.5 Å². The molecule has 4 atom stereocenters. The summed E-state index contributed by atoms with van der Waals surface area (Å²) in [6.07, 6.45) is 11.0. The van der Waals surface area contributed by atoms with Crippen LogP contribution < -0.4 is 0 Å². The molecule has 234 valence electrons. The summed E-state index contributed by atoms with van der Waals surface area (Å²) in [7, 11) is 0.0610. The van der Waals surface area contributed by atoms with Gasteiger partial charge in [-0.3, -0.25) is 4.79 Å². The highest BCUT2D eigenvalue weighted by molar-refractivity contribution is 6.74. The van der Waals surface area contributed by atoms with E-state index in [9.17, 15) is 9.59 Å². The fourth-order valence-electron chi connectivity index (χ4n) is 5.16. The SMILES string of the molecule is Cc1nc2cc([C@H](C/C=C/CCC[C@H](C)[C@H](C)[C@@H](C)C(=O)C(C)(C)/C=C/C(=O)O)O[Si](C)(C)C(C)(C)C)ccc2n1C. The minimum atomic E-state index is -1.99. The number of unbranched alkanes of at least 4 members (excludes halogenated alkanes) is 1. The molecule has 1 N–H and O–H groups in total. The molecule has 0 aliphatic carbocycles. The molecular weight excluding hydrogens is 540 g/mol. The molecule has 0 bridgehead atoms. The molecule has 1 aromatic carbocycles. The number of aliphatic carboxylic acids is 1. The summed E-state index contributed by atoms with van der Waals surface area (Å²) >= 11 is 0. The smallest absolute Gasteiger partial charge is 0.328 e. The van der Waals surface area contributed by atoms with Crippen molar-refractivity contribution in [1.82, 2.24) is 9.55 Å². The van der Waals surface area contributed by atoms with Crippen molar-refractivity contribution in [3.05, 3.63) is 53.9 Å². The number of rotatable bonds is 15. The average Bonchev–Trinajstić information content (AvgIpc) is 3.18. The third-order valence-corrected chi connectivity index (χ3v) is 14.2. The molecule has 1 aromatic heterocycles. The number of hydrogen-bond acceptors (Lipinski definition) is 4. The van der Waals surface area contributed by atoms with Crippen LogP contribution in [0.3, 0.4) is 0 Å². The highest BCUT2D eigenvalue weighted by Gasteiger charge is 2.39. The van der Waals surface area contributed by atoms with Crippen molar-refractivity contribution in [2.24, 2.45) is 30.2 Å². The van der Waals surface area contributed by atoms with Crippen molar-refractivity contribution in [3.8, 4) is 0 Å². The molecule has 7 heteroatoms. The second kappa shape index (κ2) is 14.3. The second-order valence-corrected chi connectivity index (χ2v) is 19.1.